The number of unbranched alkanes of at least 4 members (excludes halogenated alkanes) is 9. The summed E-state index contributed by atoms with van der Waals surface area (Å²) in [5.41, 5.74) is 1.25. The molecule has 0 saturated carbocycles. The summed E-state index contributed by atoms with van der Waals surface area (Å²) < 4.78 is 8.24. The Kier molecular flexibility index (Phi) is 10.8. The molecule has 5 heteroatoms. The van der Waals surface area contributed by atoms with E-state index in [2.05, 4.69) is 56.3 Å². The van der Waals surface area contributed by atoms with Crippen molar-refractivity contribution in [3.05, 3.63) is 25.8 Å². The lowest BCUT2D eigenvalue weighted by molar-refractivity contribution is 0.311. The number of thiophene rings is 2. The largest absolute Gasteiger partial charge is 0.483 e. The molecule has 0 aliphatic rings. The molecule has 2 aromatic rings. The minimum Gasteiger partial charge on any atom is -0.483 e. The minimum atomic E-state index is 0.819. The lowest BCUT2D eigenvalue weighted by Gasteiger charge is -2.05. The van der Waals surface area contributed by atoms with Gasteiger partial charge in [0.15, 0.2) is 5.06 Å². The zero-order valence-corrected chi connectivity index (χ0v) is 19.8. The molecule has 0 radical (unpaired) electrons. The molecule has 0 N–H and O–H groups in total. The first-order valence-corrected chi connectivity index (χ1v) is 12.7. The van der Waals surface area contributed by atoms with Gasteiger partial charge >= 0.3 is 0 Å². The second-order valence-corrected chi connectivity index (χ2v) is 10.5. The highest BCUT2D eigenvalue weighted by atomic mass is 79.9. The fourth-order valence-electron chi connectivity index (χ4n) is 2.81. The van der Waals surface area contributed by atoms with Gasteiger partial charge in [-0.1, -0.05) is 76.0 Å². The molecule has 140 valence electrons. The van der Waals surface area contributed by atoms with Crippen LogP contribution in [0.3, 0.4) is 0 Å². The van der Waals surface area contributed by atoms with E-state index in [9.17, 15) is 0 Å². The van der Waals surface area contributed by atoms with E-state index in [1.165, 1.54) is 72.0 Å². The number of hydrogen-bond acceptors (Lipinski definition) is 3. The number of hydrogen-bond donors (Lipinski definition) is 0. The van der Waals surface area contributed by atoms with E-state index < -0.39 is 0 Å². The smallest absolute Gasteiger partial charge is 0.188 e. The van der Waals surface area contributed by atoms with Gasteiger partial charge in [0.25, 0.3) is 0 Å². The third-order valence-electron chi connectivity index (χ3n) is 4.27. The Morgan fingerprint density at radius 2 is 1.56 bits per heavy atom. The maximum absolute atomic E-state index is 5.99. The van der Waals surface area contributed by atoms with Gasteiger partial charge in [-0.2, -0.15) is 0 Å². The van der Waals surface area contributed by atoms with E-state index in [4.69, 9.17) is 4.74 Å². The highest BCUT2D eigenvalue weighted by Crippen LogP contribution is 2.44. The predicted molar refractivity (Wildman–Crippen MR) is 120 cm³/mol. The molecular formula is C20H28Br2OS2. The molecule has 2 rings (SSSR count). The van der Waals surface area contributed by atoms with Crippen LogP contribution in [0.4, 0.5) is 0 Å². The van der Waals surface area contributed by atoms with Gasteiger partial charge in [-0.15, -0.1) is 11.3 Å². The summed E-state index contributed by atoms with van der Waals surface area (Å²) in [5.74, 6) is 0. The molecule has 0 bridgehead atoms. The van der Waals surface area contributed by atoms with Crippen LogP contribution in [0.25, 0.3) is 10.4 Å². The zero-order chi connectivity index (χ0) is 17.9. The van der Waals surface area contributed by atoms with Crippen molar-refractivity contribution in [2.24, 2.45) is 0 Å². The molecule has 0 atom stereocenters. The van der Waals surface area contributed by atoms with Crippen LogP contribution in [0.5, 0.6) is 5.06 Å². The van der Waals surface area contributed by atoms with E-state index in [0.717, 1.165) is 22.6 Å². The van der Waals surface area contributed by atoms with Crippen LogP contribution >= 0.6 is 54.5 Å². The first kappa shape index (κ1) is 21.5. The lowest BCUT2D eigenvalue weighted by atomic mass is 10.1. The number of ether oxygens (including phenoxy) is 1. The topological polar surface area (TPSA) is 9.23 Å². The summed E-state index contributed by atoms with van der Waals surface area (Å²) in [4.78, 5) is 1.25. The standard InChI is InChI=1S/C20H28Br2OS2/c1-2-3-4-5-6-7-8-9-10-11-13-23-20-17(21)15-18(25-20)16-12-14-24-19(16)22/h12,14-15H,2-11,13H2,1H3. The highest BCUT2D eigenvalue weighted by molar-refractivity contribution is 9.11. The average Bonchev–Trinajstić information content (AvgIpc) is 3.18. The third-order valence-corrected chi connectivity index (χ3v) is 7.89. The van der Waals surface area contributed by atoms with Gasteiger partial charge in [-0.3, -0.25) is 0 Å². The summed E-state index contributed by atoms with van der Waals surface area (Å²) in [6.45, 7) is 3.10. The first-order valence-electron chi connectivity index (χ1n) is 9.38. The van der Waals surface area contributed by atoms with Crippen LogP contribution in [0, 0.1) is 0 Å². The highest BCUT2D eigenvalue weighted by Gasteiger charge is 2.12. The van der Waals surface area contributed by atoms with Crippen LogP contribution < -0.4 is 4.74 Å². The Hall–Kier alpha value is 0.160. The second-order valence-electron chi connectivity index (χ2n) is 6.38. The van der Waals surface area contributed by atoms with Crippen LogP contribution in [-0.4, -0.2) is 6.61 Å². The molecule has 0 saturated heterocycles. The normalized spacial score (nSPS) is 11.2. The van der Waals surface area contributed by atoms with Crippen molar-refractivity contribution in [2.75, 3.05) is 6.61 Å². The Bertz CT molecular complexity index is 607. The van der Waals surface area contributed by atoms with Gasteiger partial charge < -0.3 is 4.74 Å². The summed E-state index contributed by atoms with van der Waals surface area (Å²) >= 11 is 10.7. The number of rotatable bonds is 13. The quantitative estimate of drug-likeness (QED) is 0.245. The van der Waals surface area contributed by atoms with E-state index in [1.54, 1.807) is 22.7 Å². The molecule has 0 aliphatic heterocycles. The Morgan fingerprint density at radius 3 is 2.16 bits per heavy atom. The zero-order valence-electron chi connectivity index (χ0n) is 15.0. The van der Waals surface area contributed by atoms with Gasteiger partial charge in [0.2, 0.25) is 0 Å². The van der Waals surface area contributed by atoms with Gasteiger partial charge in [-0.25, -0.2) is 0 Å². The third kappa shape index (κ3) is 7.74. The number of halogens is 2. The minimum absolute atomic E-state index is 0.819. The van der Waals surface area contributed by atoms with E-state index in [0.29, 0.717) is 0 Å². The molecule has 0 fully saturated rings. The lowest BCUT2D eigenvalue weighted by Crippen LogP contribution is -1.96. The molecule has 1 nitrogen and oxygen atoms in total. The summed E-state index contributed by atoms with van der Waals surface area (Å²) in [5, 5.41) is 3.11. The van der Waals surface area contributed by atoms with Crippen LogP contribution in [0.2, 0.25) is 0 Å². The van der Waals surface area contributed by atoms with E-state index in [-0.39, 0.29) is 0 Å². The van der Waals surface area contributed by atoms with Crippen molar-refractivity contribution in [3.63, 3.8) is 0 Å². The molecule has 0 unspecified atom stereocenters. The maximum atomic E-state index is 5.99. The monoisotopic (exact) mass is 506 g/mol. The second kappa shape index (κ2) is 12.5. The van der Waals surface area contributed by atoms with Crippen LogP contribution in [-0.2, 0) is 0 Å². The molecule has 0 amide bonds. The van der Waals surface area contributed by atoms with Crippen LogP contribution in [0.1, 0.15) is 71.1 Å². The Labute approximate surface area is 177 Å². The Morgan fingerprint density at radius 1 is 0.920 bits per heavy atom. The molecule has 0 spiro atoms. The Balaban J connectivity index is 1.57. The molecule has 2 aromatic heterocycles. The fourth-order valence-corrected chi connectivity index (χ4v) is 5.99. The van der Waals surface area contributed by atoms with Gasteiger partial charge in [0, 0.05) is 10.4 Å². The van der Waals surface area contributed by atoms with E-state index >= 15 is 0 Å². The predicted octanol–water partition coefficient (Wildman–Crippen LogP) is 9.30. The van der Waals surface area contributed by atoms with Gasteiger partial charge in [0.05, 0.1) is 14.9 Å². The molecule has 2 heterocycles. The summed E-state index contributed by atoms with van der Waals surface area (Å²) in [6, 6.07) is 4.31. The molecular weight excluding hydrogens is 480 g/mol. The molecule has 0 aromatic carbocycles. The van der Waals surface area contributed by atoms with Gasteiger partial charge in [0.1, 0.15) is 0 Å². The van der Waals surface area contributed by atoms with Crippen LogP contribution in [0.15, 0.2) is 25.8 Å². The summed E-state index contributed by atoms with van der Waals surface area (Å²) in [6.07, 6.45) is 13.6. The maximum Gasteiger partial charge on any atom is 0.188 e. The van der Waals surface area contributed by atoms with E-state index in [1.807, 2.05) is 0 Å². The first-order chi connectivity index (χ1) is 12.2. The summed E-state index contributed by atoms with van der Waals surface area (Å²) in [7, 11) is 0. The van der Waals surface area contributed by atoms with Crippen molar-refractivity contribution in [2.45, 2.75) is 71.1 Å². The average molecular weight is 508 g/mol. The van der Waals surface area contributed by atoms with Crippen molar-refractivity contribution in [3.8, 4) is 15.5 Å². The van der Waals surface area contributed by atoms with Gasteiger partial charge in [-0.05, 0) is 55.8 Å². The molecule has 25 heavy (non-hydrogen) atoms. The van der Waals surface area contributed by atoms with Crippen molar-refractivity contribution >= 4 is 54.5 Å². The SMILES string of the molecule is CCCCCCCCCCCCOc1sc(-c2ccsc2Br)cc1Br. The fraction of sp³-hybridized carbons (Fsp3) is 0.600. The van der Waals surface area contributed by atoms with Crippen molar-refractivity contribution < 1.29 is 4.74 Å². The molecule has 0 aliphatic carbocycles. The van der Waals surface area contributed by atoms with Crippen molar-refractivity contribution in [1.29, 1.82) is 0 Å². The van der Waals surface area contributed by atoms with Crippen molar-refractivity contribution in [1.82, 2.24) is 0 Å².